The molecular formula is C14H9ClFN3O. The maximum Gasteiger partial charge on any atom is 0.323 e. The van der Waals surface area contributed by atoms with Gasteiger partial charge in [0.1, 0.15) is 5.82 Å². The number of imidazole rings is 1. The average molecular weight is 290 g/mol. The van der Waals surface area contributed by atoms with Crippen molar-refractivity contribution >= 4 is 34.5 Å². The highest BCUT2D eigenvalue weighted by Crippen LogP contribution is 2.20. The molecule has 0 unspecified atom stereocenters. The molecule has 100 valence electrons. The minimum absolute atomic E-state index is 0.233. The Bertz CT molecular complexity index is 846. The second kappa shape index (κ2) is 4.94. The molecule has 2 aromatic carbocycles. The molecule has 4 nitrogen and oxygen atoms in total. The highest BCUT2D eigenvalue weighted by molar-refractivity contribution is 6.33. The van der Waals surface area contributed by atoms with Crippen molar-refractivity contribution in [2.45, 2.75) is 0 Å². The number of rotatable bonds is 2. The largest absolute Gasteiger partial charge is 0.323 e. The number of aromatic nitrogens is 2. The summed E-state index contributed by atoms with van der Waals surface area (Å²) >= 11 is 5.91. The lowest BCUT2D eigenvalue weighted by molar-refractivity contribution is 0.626. The van der Waals surface area contributed by atoms with Crippen LogP contribution < -0.4 is 5.69 Å². The summed E-state index contributed by atoms with van der Waals surface area (Å²) in [5.74, 6) is -0.433. The van der Waals surface area contributed by atoms with Crippen LogP contribution in [0.25, 0.3) is 11.0 Å². The Morgan fingerprint density at radius 3 is 2.75 bits per heavy atom. The Labute approximate surface area is 117 Å². The van der Waals surface area contributed by atoms with E-state index in [4.69, 9.17) is 11.6 Å². The topological polar surface area (TPSA) is 61.0 Å². The molecule has 0 aliphatic carbocycles. The fourth-order valence-corrected chi connectivity index (χ4v) is 2.09. The third-order valence-corrected chi connectivity index (χ3v) is 3.17. The van der Waals surface area contributed by atoms with Gasteiger partial charge in [-0.05, 0) is 30.3 Å². The Hall–Kier alpha value is -2.40. The number of fused-ring (bicyclic) bond motifs is 1. The molecule has 20 heavy (non-hydrogen) atoms. The van der Waals surface area contributed by atoms with E-state index in [0.29, 0.717) is 21.7 Å². The SMILES string of the molecule is O=c1[nH]c2ccc(N=Cc3c(F)cccc3Cl)cc2[nH]1. The zero-order chi connectivity index (χ0) is 14.1. The predicted molar refractivity (Wildman–Crippen MR) is 77.6 cm³/mol. The maximum atomic E-state index is 13.6. The van der Waals surface area contributed by atoms with E-state index in [1.165, 1.54) is 18.3 Å². The number of aliphatic imine (C=N–C) groups is 1. The molecule has 1 heterocycles. The lowest BCUT2D eigenvalue weighted by atomic mass is 10.2. The highest BCUT2D eigenvalue weighted by atomic mass is 35.5. The summed E-state index contributed by atoms with van der Waals surface area (Å²) in [5, 5.41) is 0.296. The number of H-pyrrole nitrogens is 2. The van der Waals surface area contributed by atoms with E-state index in [9.17, 15) is 9.18 Å². The summed E-state index contributed by atoms with van der Waals surface area (Å²) in [6.45, 7) is 0. The van der Waals surface area contributed by atoms with Crippen molar-refractivity contribution < 1.29 is 4.39 Å². The number of hydrogen-bond donors (Lipinski definition) is 2. The fourth-order valence-electron chi connectivity index (χ4n) is 1.87. The van der Waals surface area contributed by atoms with Crippen molar-refractivity contribution in [2.24, 2.45) is 4.99 Å². The molecule has 3 rings (SSSR count). The molecule has 3 aromatic rings. The highest BCUT2D eigenvalue weighted by Gasteiger charge is 2.04. The van der Waals surface area contributed by atoms with Gasteiger partial charge in [0.05, 0.1) is 21.7 Å². The third kappa shape index (κ3) is 2.35. The molecule has 2 N–H and O–H groups in total. The Morgan fingerprint density at radius 1 is 1.15 bits per heavy atom. The van der Waals surface area contributed by atoms with Gasteiger partial charge in [-0.25, -0.2) is 9.18 Å². The van der Waals surface area contributed by atoms with Crippen molar-refractivity contribution in [3.63, 3.8) is 0 Å². The van der Waals surface area contributed by atoms with Crippen LogP contribution >= 0.6 is 11.6 Å². The number of nitrogens with zero attached hydrogens (tertiary/aromatic N) is 1. The van der Waals surface area contributed by atoms with Crippen LogP contribution in [0.1, 0.15) is 5.56 Å². The number of hydrogen-bond acceptors (Lipinski definition) is 2. The van der Waals surface area contributed by atoms with Gasteiger partial charge in [0.25, 0.3) is 0 Å². The smallest absolute Gasteiger partial charge is 0.306 e. The van der Waals surface area contributed by atoms with Gasteiger partial charge in [-0.3, -0.25) is 4.99 Å². The molecule has 0 atom stereocenters. The zero-order valence-electron chi connectivity index (χ0n) is 10.2. The second-order valence-corrected chi connectivity index (χ2v) is 4.61. The molecule has 0 amide bonds. The van der Waals surface area contributed by atoms with Crippen LogP contribution in [0.5, 0.6) is 0 Å². The summed E-state index contributed by atoms with van der Waals surface area (Å²) in [6.07, 6.45) is 1.36. The molecule has 0 aliphatic rings. The standard InChI is InChI=1S/C14H9ClFN3O/c15-10-2-1-3-11(16)9(10)7-17-8-4-5-12-13(6-8)19-14(20)18-12/h1-7H,(H2,18,19,20). The summed E-state index contributed by atoms with van der Waals surface area (Å²) in [5.41, 5.74) is 1.88. The van der Waals surface area contributed by atoms with E-state index >= 15 is 0 Å². The van der Waals surface area contributed by atoms with Crippen LogP contribution in [0.2, 0.25) is 5.02 Å². The first-order chi connectivity index (χ1) is 9.63. The molecule has 0 aliphatic heterocycles. The monoisotopic (exact) mass is 289 g/mol. The average Bonchev–Trinajstić information content (AvgIpc) is 2.77. The van der Waals surface area contributed by atoms with Crippen molar-refractivity contribution in [1.82, 2.24) is 9.97 Å². The van der Waals surface area contributed by atoms with Gasteiger partial charge in [-0.1, -0.05) is 17.7 Å². The van der Waals surface area contributed by atoms with Crippen molar-refractivity contribution in [2.75, 3.05) is 0 Å². The number of halogens is 2. The minimum atomic E-state index is -0.433. The maximum absolute atomic E-state index is 13.6. The van der Waals surface area contributed by atoms with Crippen molar-refractivity contribution in [1.29, 1.82) is 0 Å². The minimum Gasteiger partial charge on any atom is -0.306 e. The first-order valence-electron chi connectivity index (χ1n) is 5.83. The van der Waals surface area contributed by atoms with E-state index in [1.807, 2.05) is 0 Å². The molecule has 0 saturated carbocycles. The number of aromatic amines is 2. The van der Waals surface area contributed by atoms with Crippen LogP contribution in [0, 0.1) is 5.82 Å². The fraction of sp³-hybridized carbons (Fsp3) is 0. The number of nitrogens with one attached hydrogen (secondary N) is 2. The Kier molecular flexibility index (Phi) is 3.12. The van der Waals surface area contributed by atoms with E-state index in [2.05, 4.69) is 15.0 Å². The van der Waals surface area contributed by atoms with Gasteiger partial charge < -0.3 is 9.97 Å². The molecular weight excluding hydrogens is 281 g/mol. The van der Waals surface area contributed by atoms with Crippen molar-refractivity contribution in [3.05, 3.63) is 63.3 Å². The van der Waals surface area contributed by atoms with Crippen LogP contribution in [0.4, 0.5) is 10.1 Å². The van der Waals surface area contributed by atoms with E-state index in [1.54, 1.807) is 24.3 Å². The van der Waals surface area contributed by atoms with Gasteiger partial charge in [-0.15, -0.1) is 0 Å². The van der Waals surface area contributed by atoms with Crippen molar-refractivity contribution in [3.8, 4) is 0 Å². The normalized spacial score (nSPS) is 11.5. The van der Waals surface area contributed by atoms with Gasteiger partial charge in [0.15, 0.2) is 0 Å². The summed E-state index contributed by atoms with van der Waals surface area (Å²) in [4.78, 5) is 20.6. The van der Waals surface area contributed by atoms with E-state index in [0.717, 1.165) is 0 Å². The van der Waals surface area contributed by atoms with Crippen LogP contribution in [0.15, 0.2) is 46.2 Å². The zero-order valence-corrected chi connectivity index (χ0v) is 10.9. The molecule has 6 heteroatoms. The van der Waals surface area contributed by atoms with Crippen LogP contribution in [-0.2, 0) is 0 Å². The summed E-state index contributed by atoms with van der Waals surface area (Å²) in [6, 6.07) is 9.59. The molecule has 0 radical (unpaired) electrons. The summed E-state index contributed by atoms with van der Waals surface area (Å²) < 4.78 is 13.6. The van der Waals surface area contributed by atoms with Gasteiger partial charge in [-0.2, -0.15) is 0 Å². The quantitative estimate of drug-likeness (QED) is 0.698. The first kappa shape index (κ1) is 12.6. The van der Waals surface area contributed by atoms with Gasteiger partial charge in [0, 0.05) is 11.8 Å². The Balaban J connectivity index is 2.00. The van der Waals surface area contributed by atoms with E-state index < -0.39 is 5.82 Å². The molecule has 1 aromatic heterocycles. The van der Waals surface area contributed by atoms with E-state index in [-0.39, 0.29) is 11.3 Å². The molecule has 0 saturated heterocycles. The first-order valence-corrected chi connectivity index (χ1v) is 6.21. The van der Waals surface area contributed by atoms with Gasteiger partial charge in [0.2, 0.25) is 0 Å². The Morgan fingerprint density at radius 2 is 1.95 bits per heavy atom. The van der Waals surface area contributed by atoms with Crippen LogP contribution in [0.3, 0.4) is 0 Å². The molecule has 0 fully saturated rings. The lowest BCUT2D eigenvalue weighted by Gasteiger charge is -1.99. The van der Waals surface area contributed by atoms with Gasteiger partial charge >= 0.3 is 5.69 Å². The second-order valence-electron chi connectivity index (χ2n) is 4.20. The summed E-state index contributed by atoms with van der Waals surface area (Å²) in [7, 11) is 0. The number of benzene rings is 2. The lowest BCUT2D eigenvalue weighted by Crippen LogP contribution is -1.99. The molecule has 0 bridgehead atoms. The van der Waals surface area contributed by atoms with Crippen LogP contribution in [-0.4, -0.2) is 16.2 Å². The molecule has 0 spiro atoms. The predicted octanol–water partition coefficient (Wildman–Crippen LogP) is 3.40. The third-order valence-electron chi connectivity index (χ3n) is 2.84.